The number of fused-ring (bicyclic) bond motifs is 2. The van der Waals surface area contributed by atoms with E-state index in [1.807, 2.05) is 41.5 Å². The van der Waals surface area contributed by atoms with Crippen LogP contribution in [0.15, 0.2) is 24.3 Å². The van der Waals surface area contributed by atoms with Crippen molar-refractivity contribution in [2.24, 2.45) is 58.4 Å². The van der Waals surface area contributed by atoms with Gasteiger partial charge in [-0.3, -0.25) is 67.1 Å². The fraction of sp³-hybridized carbons (Fsp3) is 0.750. The Morgan fingerprint density at radius 3 is 0.921 bits per heavy atom. The summed E-state index contributed by atoms with van der Waals surface area (Å²) >= 11 is 0. The lowest BCUT2D eigenvalue weighted by atomic mass is 9.98. The zero-order valence-electron chi connectivity index (χ0n) is 69.6. The number of phenols is 1. The molecule has 0 bridgehead atoms. The first-order valence-corrected chi connectivity index (χ1v) is 41.4. The van der Waals surface area contributed by atoms with Crippen LogP contribution in [0.25, 0.3) is 0 Å². The molecule has 114 heavy (non-hydrogen) atoms. The Hall–Kier alpha value is -8.60. The third-order valence-electron chi connectivity index (χ3n) is 20.8. The average Bonchev–Trinajstić information content (AvgIpc) is 1.60. The zero-order chi connectivity index (χ0) is 85.2. The van der Waals surface area contributed by atoms with Crippen molar-refractivity contribution in [3.63, 3.8) is 0 Å². The molecule has 0 saturated carbocycles. The van der Waals surface area contributed by atoms with E-state index in [4.69, 9.17) is 22.9 Å². The van der Waals surface area contributed by atoms with Crippen LogP contribution in [0.2, 0.25) is 0 Å². The van der Waals surface area contributed by atoms with Crippen LogP contribution in [-0.4, -0.2) is 233 Å². The highest BCUT2D eigenvalue weighted by Gasteiger charge is 2.45. The zero-order valence-corrected chi connectivity index (χ0v) is 69.6. The average molecular weight is 1610 g/mol. The minimum Gasteiger partial charge on any atom is -0.508 e. The van der Waals surface area contributed by atoms with E-state index in [0.717, 1.165) is 0 Å². The Kier molecular flexibility index (Phi) is 42.3. The van der Waals surface area contributed by atoms with Crippen LogP contribution in [0.5, 0.6) is 5.75 Å². The van der Waals surface area contributed by atoms with Gasteiger partial charge in [0, 0.05) is 19.5 Å². The lowest BCUT2D eigenvalue weighted by molar-refractivity contribution is -0.145. The number of rotatable bonds is 28. The number of carbonyl (C=O) groups is 14. The molecule has 3 aliphatic rings. The van der Waals surface area contributed by atoms with Crippen molar-refractivity contribution >= 4 is 82.7 Å². The van der Waals surface area contributed by atoms with Crippen LogP contribution in [0.1, 0.15) is 218 Å². The summed E-state index contributed by atoms with van der Waals surface area (Å²) in [5.74, 6) is -13.7. The van der Waals surface area contributed by atoms with Crippen LogP contribution < -0.4 is 86.7 Å². The number of unbranched alkanes of at least 4 members (excludes halogenated alkanes) is 4. The van der Waals surface area contributed by atoms with Gasteiger partial charge < -0.3 is 107 Å². The number of aromatic hydroxyl groups is 1. The van der Waals surface area contributed by atoms with Gasteiger partial charge in [-0.2, -0.15) is 0 Å². The molecule has 34 heteroatoms. The summed E-state index contributed by atoms with van der Waals surface area (Å²) in [6.07, 6.45) is 2.42. The Morgan fingerprint density at radius 1 is 0.333 bits per heavy atom. The number of phenolic OH excluding ortho intramolecular Hbond substituents is 1. The van der Waals surface area contributed by atoms with E-state index in [1.54, 1.807) is 53.7 Å². The number of hydrogen-bond donors (Lipinski definition) is 18. The minimum atomic E-state index is -1.68. The van der Waals surface area contributed by atoms with Gasteiger partial charge in [0.15, 0.2) is 0 Å². The van der Waals surface area contributed by atoms with Gasteiger partial charge in [-0.25, -0.2) is 0 Å². The Bertz CT molecular complexity index is 3320. The first kappa shape index (κ1) is 97.8. The minimum absolute atomic E-state index is 0.00135. The third-order valence-corrected chi connectivity index (χ3v) is 20.8. The van der Waals surface area contributed by atoms with Crippen LogP contribution in [-0.2, 0) is 73.5 Å². The SMILES string of the molecule is CC(C)C[C@@H]1NC(=O)[C@H](CCCCN)NC(=O)[C@H](C(C)C)NC(=O)[C@@H]2CCCN2C(=O)[C@@H](Cc2ccc(O)cc2)NC(=O)[C@H](CC(C)C)NC(=O)[C@H](CCCCN)NC(=O)[C@H](C(C)C)NC(=O)[C@H](CCCCN)NC(=O)[C@H](CC(C)C)NC(=O)[C@@H]2CCCN2C(=O)[C@@H]([C@H](C)O)NC(=O)[C@H](C(C)C)NC(=O)[C@H](CCCCN)NC1=O. The molecule has 1 aromatic rings. The van der Waals surface area contributed by atoms with Crippen molar-refractivity contribution in [1.29, 1.82) is 0 Å². The van der Waals surface area contributed by atoms with Crippen molar-refractivity contribution in [2.75, 3.05) is 39.3 Å². The lowest BCUT2D eigenvalue weighted by Gasteiger charge is -2.33. The molecule has 3 fully saturated rings. The maximum absolute atomic E-state index is 15.3. The topological polar surface area (TPSA) is 534 Å². The van der Waals surface area contributed by atoms with E-state index in [-0.39, 0.29) is 127 Å². The highest BCUT2D eigenvalue weighted by molar-refractivity contribution is 6.01. The molecular weight excluding hydrogens is 1470 g/mol. The molecule has 0 radical (unpaired) electrons. The number of nitrogens with two attached hydrogens (primary N) is 4. The molecule has 0 spiro atoms. The molecule has 22 N–H and O–H groups in total. The number of aliphatic hydroxyl groups is 1. The molecule has 0 aliphatic carbocycles. The number of aliphatic hydroxyl groups excluding tert-OH is 1. The summed E-state index contributed by atoms with van der Waals surface area (Å²) < 4.78 is 0. The van der Waals surface area contributed by atoms with Gasteiger partial charge in [-0.1, -0.05) is 95.2 Å². The van der Waals surface area contributed by atoms with Crippen molar-refractivity contribution in [3.05, 3.63) is 29.8 Å². The molecule has 644 valence electrons. The Labute approximate surface area is 673 Å². The smallest absolute Gasteiger partial charge is 0.248 e. The summed E-state index contributed by atoms with van der Waals surface area (Å²) in [6, 6.07) is -12.8. The summed E-state index contributed by atoms with van der Waals surface area (Å²) in [6.45, 7) is 23.1. The molecule has 34 nitrogen and oxygen atoms in total. The first-order valence-electron chi connectivity index (χ1n) is 41.4. The van der Waals surface area contributed by atoms with Crippen LogP contribution >= 0.6 is 0 Å². The van der Waals surface area contributed by atoms with Gasteiger partial charge in [0.2, 0.25) is 82.7 Å². The number of hydrogen-bond acceptors (Lipinski definition) is 20. The van der Waals surface area contributed by atoms with Gasteiger partial charge in [-0.05, 0) is 208 Å². The van der Waals surface area contributed by atoms with E-state index >= 15 is 9.59 Å². The van der Waals surface area contributed by atoms with Crippen molar-refractivity contribution in [1.82, 2.24) is 73.6 Å². The van der Waals surface area contributed by atoms with Crippen molar-refractivity contribution in [3.8, 4) is 5.75 Å². The predicted molar refractivity (Wildman–Crippen MR) is 431 cm³/mol. The third kappa shape index (κ3) is 31.5. The maximum atomic E-state index is 15.3. The van der Waals surface area contributed by atoms with E-state index in [1.165, 1.54) is 28.9 Å². The van der Waals surface area contributed by atoms with Gasteiger partial charge in [0.25, 0.3) is 0 Å². The molecule has 15 atom stereocenters. The Morgan fingerprint density at radius 2 is 0.596 bits per heavy atom. The highest BCUT2D eigenvalue weighted by Crippen LogP contribution is 2.25. The van der Waals surface area contributed by atoms with E-state index < -0.39 is 191 Å². The molecule has 0 unspecified atom stereocenters. The molecule has 3 heterocycles. The molecular formula is C80H138N18O16. The first-order chi connectivity index (χ1) is 53.9. The second-order valence-electron chi connectivity index (χ2n) is 33.2. The van der Waals surface area contributed by atoms with Gasteiger partial charge >= 0.3 is 0 Å². The fourth-order valence-electron chi connectivity index (χ4n) is 14.4. The van der Waals surface area contributed by atoms with Crippen molar-refractivity contribution in [2.45, 2.75) is 309 Å². The molecule has 3 saturated heterocycles. The number of amides is 14. The van der Waals surface area contributed by atoms with Gasteiger partial charge in [0.1, 0.15) is 90.3 Å². The number of carbonyl (C=O) groups excluding carboxylic acids is 14. The standard InChI is InChI=1S/C80H138N18O16/c1-44(2)40-57-71(105)85-56(27-17-21-37-84)70(104)94-65(49(11)12)78(112)96-66(50(13)99)80(114)98-39-23-28-61(98)74(108)91-59(42-46(5)6)72(106)86-55(26-16-20-36-83)69(103)93-63(47(7)8)76(110)87-53(24-14-18-34-81)68(102)90-58(41-45(3)4)73(107)92-60(43-51-30-32-52(100)33-31-51)79(113)97-38-22-29-62(97)75(109)95-64(48(9)10)77(111)88-54(67(101)89-57)25-15-19-35-82/h30-33,44-50,53-66,99-100H,14-29,34-43,81-84H2,1-13H3,(H,85,105)(H,86,106)(H,87,110)(H,88,111)(H,89,101)(H,90,102)(H,91,108)(H,92,107)(H,93,103)(H,94,104)(H,95,109)(H,96,112)/t50-,53-,54-,55-,56-,57-,58-,59-,60+,61-,62-,63-,64-,65-,66+/m0/s1. The predicted octanol–water partition coefficient (Wildman–Crippen LogP) is -0.249. The van der Waals surface area contributed by atoms with Gasteiger partial charge in [-0.15, -0.1) is 0 Å². The molecule has 14 amide bonds. The van der Waals surface area contributed by atoms with Crippen LogP contribution in [0.3, 0.4) is 0 Å². The van der Waals surface area contributed by atoms with E-state index in [0.29, 0.717) is 69.8 Å². The van der Waals surface area contributed by atoms with E-state index in [2.05, 4.69) is 63.8 Å². The quantitative estimate of drug-likeness (QED) is 0.0481. The van der Waals surface area contributed by atoms with Crippen LogP contribution in [0.4, 0.5) is 0 Å². The second kappa shape index (κ2) is 49.3. The monoisotopic (exact) mass is 1610 g/mol. The number of nitrogens with zero attached hydrogens (tertiary/aromatic N) is 2. The number of benzene rings is 1. The summed E-state index contributed by atoms with van der Waals surface area (Å²) in [5, 5.41) is 55.1. The summed E-state index contributed by atoms with van der Waals surface area (Å²) in [4.78, 5) is 209. The highest BCUT2D eigenvalue weighted by atomic mass is 16.3. The lowest BCUT2D eigenvalue weighted by Crippen LogP contribution is -2.63. The molecule has 3 aliphatic heterocycles. The fourth-order valence-corrected chi connectivity index (χ4v) is 14.4. The summed E-state index contributed by atoms with van der Waals surface area (Å²) in [7, 11) is 0. The van der Waals surface area contributed by atoms with Crippen molar-refractivity contribution < 1.29 is 77.3 Å². The summed E-state index contributed by atoms with van der Waals surface area (Å²) in [5.41, 5.74) is 24.1. The van der Waals surface area contributed by atoms with Crippen LogP contribution in [0, 0.1) is 35.5 Å². The maximum Gasteiger partial charge on any atom is 0.248 e. The second-order valence-corrected chi connectivity index (χ2v) is 33.2. The van der Waals surface area contributed by atoms with Gasteiger partial charge in [0.05, 0.1) is 6.10 Å². The van der Waals surface area contributed by atoms with E-state index in [9.17, 15) is 67.7 Å². The normalized spacial score (nSPS) is 26.6. The Balaban J connectivity index is 1.91. The largest absolute Gasteiger partial charge is 0.508 e. The number of nitrogens with one attached hydrogen (secondary N) is 12. The molecule has 0 aromatic heterocycles. The molecule has 1 aromatic carbocycles. The molecule has 4 rings (SSSR count).